The minimum absolute atomic E-state index is 0.0589. The Hall–Kier alpha value is -5.07. The molecule has 0 radical (unpaired) electrons. The highest BCUT2D eigenvalue weighted by atomic mass is 16.6. The molecule has 0 spiro atoms. The fourth-order valence-electron chi connectivity index (χ4n) is 6.02. The van der Waals surface area contributed by atoms with E-state index in [1.165, 1.54) is 23.3 Å². The van der Waals surface area contributed by atoms with E-state index in [0.29, 0.717) is 58.3 Å². The number of methoxy groups -OCH3 is 1. The summed E-state index contributed by atoms with van der Waals surface area (Å²) in [6.07, 6.45) is 5.32. The maximum absolute atomic E-state index is 13.0. The lowest BCUT2D eigenvalue weighted by atomic mass is 9.87. The minimum atomic E-state index is -0.597. The summed E-state index contributed by atoms with van der Waals surface area (Å²) < 4.78 is 42.1. The summed E-state index contributed by atoms with van der Waals surface area (Å²) in [5.41, 5.74) is 2.45. The van der Waals surface area contributed by atoms with Crippen molar-refractivity contribution in [3.05, 3.63) is 108 Å². The van der Waals surface area contributed by atoms with Gasteiger partial charge in [-0.2, -0.15) is 0 Å². The Kier molecular flexibility index (Phi) is 14.5. The zero-order valence-electron chi connectivity index (χ0n) is 31.1. The molecule has 12 heteroatoms. The third-order valence-corrected chi connectivity index (χ3v) is 8.63. The van der Waals surface area contributed by atoms with Gasteiger partial charge in [-0.05, 0) is 62.6 Å². The molecule has 1 aromatic heterocycles. The van der Waals surface area contributed by atoms with E-state index in [4.69, 9.17) is 33.2 Å². The Morgan fingerprint density at radius 1 is 0.830 bits per heavy atom. The van der Waals surface area contributed by atoms with Crippen LogP contribution in [-0.2, 0) is 32.0 Å². The molecular weight excluding hydrogens is 678 g/mol. The molecule has 1 aliphatic rings. The Labute approximate surface area is 311 Å². The predicted molar refractivity (Wildman–Crippen MR) is 199 cm³/mol. The normalized spacial score (nSPS) is 15.8. The summed E-state index contributed by atoms with van der Waals surface area (Å²) in [5.74, 6) is 2.36. The van der Waals surface area contributed by atoms with Gasteiger partial charge in [0.2, 0.25) is 0 Å². The first-order chi connectivity index (χ1) is 25.7. The van der Waals surface area contributed by atoms with Gasteiger partial charge in [-0.3, -0.25) is 0 Å². The molecule has 1 fully saturated rings. The monoisotopic (exact) mass is 729 g/mol. The number of aromatic nitrogens is 2. The van der Waals surface area contributed by atoms with Crippen LogP contribution in [0.3, 0.4) is 0 Å². The van der Waals surface area contributed by atoms with E-state index in [9.17, 15) is 9.59 Å². The molecule has 0 aliphatic carbocycles. The Morgan fingerprint density at radius 2 is 1.58 bits per heavy atom. The summed E-state index contributed by atoms with van der Waals surface area (Å²) >= 11 is 0. The van der Waals surface area contributed by atoms with Crippen LogP contribution in [0.1, 0.15) is 56.2 Å². The highest BCUT2D eigenvalue weighted by molar-refractivity contribution is 5.70. The number of nitrogens with zero attached hydrogens (tertiary/aromatic N) is 3. The van der Waals surface area contributed by atoms with Gasteiger partial charge in [-0.1, -0.05) is 48.5 Å². The largest absolute Gasteiger partial charge is 0.496 e. The van der Waals surface area contributed by atoms with Crippen LogP contribution >= 0.6 is 0 Å². The molecule has 1 saturated heterocycles. The van der Waals surface area contributed by atoms with Crippen LogP contribution in [0.15, 0.2) is 91.5 Å². The van der Waals surface area contributed by atoms with Crippen LogP contribution in [0.5, 0.6) is 17.2 Å². The average Bonchev–Trinajstić information content (AvgIpc) is 3.71. The Morgan fingerprint density at radius 3 is 2.32 bits per heavy atom. The van der Waals surface area contributed by atoms with E-state index < -0.39 is 11.7 Å². The van der Waals surface area contributed by atoms with E-state index >= 15 is 0 Å². The number of hydrogen-bond acceptors (Lipinski definition) is 10. The maximum Gasteiger partial charge on any atom is 0.419 e. The first kappa shape index (κ1) is 39.1. The zero-order valence-corrected chi connectivity index (χ0v) is 31.1. The molecule has 284 valence electrons. The third kappa shape index (κ3) is 12.3. The Bertz CT molecular complexity index is 1710. The van der Waals surface area contributed by atoms with Gasteiger partial charge in [0.25, 0.3) is 0 Å². The number of benzene rings is 3. The van der Waals surface area contributed by atoms with Crippen LogP contribution in [0.4, 0.5) is 9.59 Å². The number of likely N-dealkylation sites (tertiary alicyclic amines) is 1. The van der Waals surface area contributed by atoms with E-state index in [2.05, 4.69) is 17.1 Å². The number of para-hydroxylation sites is 2. The molecule has 3 aromatic carbocycles. The van der Waals surface area contributed by atoms with E-state index in [1.54, 1.807) is 12.0 Å². The van der Waals surface area contributed by atoms with Crippen molar-refractivity contribution in [2.24, 2.45) is 0 Å². The summed E-state index contributed by atoms with van der Waals surface area (Å²) in [6, 6.07) is 23.6. The summed E-state index contributed by atoms with van der Waals surface area (Å²) in [7, 11) is 1.66. The third-order valence-electron chi connectivity index (χ3n) is 8.63. The quantitative estimate of drug-likeness (QED) is 0.103. The minimum Gasteiger partial charge on any atom is -0.496 e. The van der Waals surface area contributed by atoms with Crippen molar-refractivity contribution in [3.63, 3.8) is 0 Å². The molecule has 1 aliphatic heterocycles. The van der Waals surface area contributed by atoms with Crippen molar-refractivity contribution in [1.82, 2.24) is 14.5 Å². The number of carbonyl (C=O) groups is 2. The van der Waals surface area contributed by atoms with Crippen molar-refractivity contribution in [3.8, 4) is 17.2 Å². The number of imidazole rings is 1. The molecule has 5 rings (SSSR count). The van der Waals surface area contributed by atoms with Crippen molar-refractivity contribution < 1.29 is 42.7 Å². The molecule has 0 bridgehead atoms. The van der Waals surface area contributed by atoms with Crippen LogP contribution in [-0.4, -0.2) is 91.6 Å². The predicted octanol–water partition coefficient (Wildman–Crippen LogP) is 7.29. The summed E-state index contributed by atoms with van der Waals surface area (Å²) in [5, 5.41) is 0. The summed E-state index contributed by atoms with van der Waals surface area (Å²) in [4.78, 5) is 30.8. The van der Waals surface area contributed by atoms with Crippen molar-refractivity contribution in [2.75, 3.05) is 53.2 Å². The first-order valence-corrected chi connectivity index (χ1v) is 18.1. The fourth-order valence-corrected chi connectivity index (χ4v) is 6.02. The second kappa shape index (κ2) is 19.7. The number of piperidine rings is 1. The first-order valence-electron chi connectivity index (χ1n) is 18.1. The molecule has 4 aromatic rings. The van der Waals surface area contributed by atoms with Gasteiger partial charge >= 0.3 is 12.2 Å². The lowest BCUT2D eigenvalue weighted by Gasteiger charge is -2.39. The second-order valence-corrected chi connectivity index (χ2v) is 13.7. The lowest BCUT2D eigenvalue weighted by molar-refractivity contribution is -0.0358. The molecule has 1 amide bonds. The summed E-state index contributed by atoms with van der Waals surface area (Å²) in [6.45, 7) is 8.95. The van der Waals surface area contributed by atoms with Gasteiger partial charge in [-0.25, -0.2) is 19.1 Å². The van der Waals surface area contributed by atoms with Crippen molar-refractivity contribution in [1.29, 1.82) is 0 Å². The second-order valence-electron chi connectivity index (χ2n) is 13.7. The molecule has 12 nitrogen and oxygen atoms in total. The lowest BCUT2D eigenvalue weighted by Crippen LogP contribution is -2.48. The fraction of sp³-hybridized carbons (Fsp3) is 0.439. The van der Waals surface area contributed by atoms with Crippen molar-refractivity contribution >= 4 is 12.2 Å². The van der Waals surface area contributed by atoms with E-state index in [1.807, 2.05) is 81.4 Å². The van der Waals surface area contributed by atoms with E-state index in [-0.39, 0.29) is 24.7 Å². The highest BCUT2D eigenvalue weighted by Crippen LogP contribution is 2.32. The topological polar surface area (TPSA) is 120 Å². The molecule has 0 N–H and O–H groups in total. The number of ether oxygens (including phenoxy) is 7. The highest BCUT2D eigenvalue weighted by Gasteiger charge is 2.35. The van der Waals surface area contributed by atoms with Gasteiger partial charge in [0, 0.05) is 43.3 Å². The van der Waals surface area contributed by atoms with Crippen molar-refractivity contribution in [2.45, 2.75) is 64.3 Å². The van der Waals surface area contributed by atoms with Gasteiger partial charge < -0.3 is 38.1 Å². The van der Waals surface area contributed by atoms with Crippen LogP contribution in [0, 0.1) is 0 Å². The average molecular weight is 730 g/mol. The van der Waals surface area contributed by atoms with Gasteiger partial charge in [0.15, 0.2) is 0 Å². The van der Waals surface area contributed by atoms with Gasteiger partial charge in [-0.15, -0.1) is 0 Å². The molecular formula is C41H51N3O9. The standard InChI is InChI=1S/C41H51N3O9/c1-41(2,3)53-40(46)43-21-18-35(31-14-16-34(17-15-31)49-24-9-23-48-29-33-11-6-7-12-36(33)47-4)38(28-43)51-27-26-50-37-13-8-5-10-32(37)19-25-52-39(45)44-22-20-42-30-44/h5-8,10-17,20,22,30,35,38H,9,18-19,21,23-29H2,1-4H3. The molecule has 53 heavy (non-hydrogen) atoms. The SMILES string of the molecule is COc1ccccc1COCCCOc1ccc(C2CCN(C(=O)OC(C)(C)C)CC2OCCOc2ccccc2CCOC(=O)n2ccnc2)cc1. The number of hydrogen-bond donors (Lipinski definition) is 0. The molecule has 2 unspecified atom stereocenters. The number of amides is 1. The van der Waals surface area contributed by atoms with Crippen LogP contribution < -0.4 is 14.2 Å². The van der Waals surface area contributed by atoms with Gasteiger partial charge in [0.1, 0.15) is 35.8 Å². The maximum atomic E-state index is 13.0. The van der Waals surface area contributed by atoms with Crippen LogP contribution in [0.25, 0.3) is 0 Å². The van der Waals surface area contributed by atoms with Crippen LogP contribution in [0.2, 0.25) is 0 Å². The molecule has 0 saturated carbocycles. The number of carbonyl (C=O) groups excluding carboxylic acids is 2. The zero-order chi connectivity index (χ0) is 37.5. The molecule has 2 atom stereocenters. The molecule has 2 heterocycles. The Balaban J connectivity index is 1.11. The van der Waals surface area contributed by atoms with E-state index in [0.717, 1.165) is 41.0 Å². The van der Waals surface area contributed by atoms with Gasteiger partial charge in [0.05, 0.1) is 52.8 Å². The smallest absolute Gasteiger partial charge is 0.419 e. The number of rotatable bonds is 17.